The van der Waals surface area contributed by atoms with Crippen LogP contribution in [0.3, 0.4) is 0 Å². The number of hydrogen-bond acceptors (Lipinski definition) is 2. The first-order valence-corrected chi connectivity index (χ1v) is 5.20. The van der Waals surface area contributed by atoms with Crippen LogP contribution >= 0.6 is 0 Å². The summed E-state index contributed by atoms with van der Waals surface area (Å²) in [4.78, 5) is 0. The summed E-state index contributed by atoms with van der Waals surface area (Å²) in [6.45, 7) is 2.95. The monoisotopic (exact) mass is 201 g/mol. The first kappa shape index (κ1) is 9.77. The summed E-state index contributed by atoms with van der Waals surface area (Å²) in [5.41, 5.74) is 3.65. The number of benzene rings is 1. The molecule has 2 rings (SSSR count). The van der Waals surface area contributed by atoms with Crippen LogP contribution < -0.4 is 5.32 Å². The summed E-state index contributed by atoms with van der Waals surface area (Å²) in [5.74, 6) is 0. The largest absolute Gasteiger partial charge is 0.379 e. The summed E-state index contributed by atoms with van der Waals surface area (Å²) in [7, 11) is 0. The molecule has 1 aromatic heterocycles. The summed E-state index contributed by atoms with van der Waals surface area (Å²) in [5, 5.41) is 10.2. The van der Waals surface area contributed by atoms with Gasteiger partial charge in [-0.15, -0.1) is 0 Å². The maximum absolute atomic E-state index is 3.91. The first-order chi connectivity index (χ1) is 7.40. The van der Waals surface area contributed by atoms with Crippen LogP contribution in [0.2, 0.25) is 0 Å². The van der Waals surface area contributed by atoms with Crippen molar-refractivity contribution in [3.8, 4) is 0 Å². The Balaban J connectivity index is 2.04. The number of rotatable bonds is 4. The van der Waals surface area contributed by atoms with Crippen molar-refractivity contribution in [2.75, 3.05) is 5.32 Å². The van der Waals surface area contributed by atoms with Crippen molar-refractivity contribution in [2.24, 2.45) is 0 Å². The van der Waals surface area contributed by atoms with Crippen molar-refractivity contribution in [2.45, 2.75) is 19.9 Å². The molecule has 0 aliphatic heterocycles. The minimum atomic E-state index is 0.789. The van der Waals surface area contributed by atoms with E-state index < -0.39 is 0 Å². The third-order valence-electron chi connectivity index (χ3n) is 2.43. The fraction of sp³-hybridized carbons (Fsp3) is 0.250. The number of nitrogens with one attached hydrogen (secondary N) is 2. The highest BCUT2D eigenvalue weighted by Crippen LogP contribution is 2.15. The lowest BCUT2D eigenvalue weighted by Crippen LogP contribution is -2.02. The van der Waals surface area contributed by atoms with Crippen LogP contribution in [0.1, 0.15) is 18.2 Å². The van der Waals surface area contributed by atoms with Crippen LogP contribution in [-0.4, -0.2) is 10.2 Å². The maximum Gasteiger partial charge on any atom is 0.0567 e. The molecule has 0 spiro atoms. The zero-order chi connectivity index (χ0) is 10.5. The molecule has 1 aromatic carbocycles. The number of para-hydroxylation sites is 1. The Morgan fingerprint density at radius 3 is 2.87 bits per heavy atom. The zero-order valence-corrected chi connectivity index (χ0v) is 8.83. The molecule has 2 aromatic rings. The highest BCUT2D eigenvalue weighted by atomic mass is 15.1. The van der Waals surface area contributed by atoms with Crippen LogP contribution in [0.4, 0.5) is 5.69 Å². The lowest BCUT2D eigenvalue weighted by atomic mass is 10.1. The summed E-state index contributed by atoms with van der Waals surface area (Å²) >= 11 is 0. The minimum Gasteiger partial charge on any atom is -0.379 e. The molecule has 0 amide bonds. The van der Waals surface area contributed by atoms with Crippen LogP contribution in [-0.2, 0) is 13.0 Å². The first-order valence-electron chi connectivity index (χ1n) is 5.20. The van der Waals surface area contributed by atoms with Crippen LogP contribution in [0.25, 0.3) is 0 Å². The van der Waals surface area contributed by atoms with Crippen molar-refractivity contribution >= 4 is 5.69 Å². The van der Waals surface area contributed by atoms with E-state index >= 15 is 0 Å². The second kappa shape index (κ2) is 4.64. The van der Waals surface area contributed by atoms with E-state index in [0.29, 0.717) is 0 Å². The molecule has 3 heteroatoms. The number of aromatic amines is 1. The van der Waals surface area contributed by atoms with Gasteiger partial charge in [0.15, 0.2) is 0 Å². The molecule has 0 atom stereocenters. The topological polar surface area (TPSA) is 40.7 Å². The van der Waals surface area contributed by atoms with Crippen molar-refractivity contribution in [1.82, 2.24) is 10.2 Å². The molecular formula is C12H15N3. The normalized spacial score (nSPS) is 10.2. The standard InChI is InChI=1S/C12H15N3/c1-2-10-5-3-4-6-12(10)13-9-11-7-8-14-15-11/h3-8,13H,2,9H2,1H3,(H,14,15). The highest BCUT2D eigenvalue weighted by Gasteiger charge is 1.99. The predicted octanol–water partition coefficient (Wildman–Crippen LogP) is 2.58. The van der Waals surface area contributed by atoms with E-state index in [1.165, 1.54) is 11.3 Å². The van der Waals surface area contributed by atoms with Crippen molar-refractivity contribution < 1.29 is 0 Å². The Hall–Kier alpha value is -1.77. The number of hydrogen-bond donors (Lipinski definition) is 2. The SMILES string of the molecule is CCc1ccccc1NCc1ccn[nH]1. The number of anilines is 1. The smallest absolute Gasteiger partial charge is 0.0567 e. The van der Waals surface area contributed by atoms with Crippen LogP contribution in [0.5, 0.6) is 0 Å². The van der Waals surface area contributed by atoms with E-state index in [9.17, 15) is 0 Å². The van der Waals surface area contributed by atoms with Gasteiger partial charge in [0, 0.05) is 11.9 Å². The second-order valence-electron chi connectivity index (χ2n) is 3.45. The average Bonchev–Trinajstić information content (AvgIpc) is 2.79. The molecule has 0 saturated carbocycles. The number of H-pyrrole nitrogens is 1. The molecule has 0 saturated heterocycles. The average molecular weight is 201 g/mol. The van der Waals surface area contributed by atoms with Crippen LogP contribution in [0.15, 0.2) is 36.5 Å². The zero-order valence-electron chi connectivity index (χ0n) is 8.83. The second-order valence-corrected chi connectivity index (χ2v) is 3.45. The van der Waals surface area contributed by atoms with E-state index in [1.54, 1.807) is 6.20 Å². The fourth-order valence-corrected chi connectivity index (χ4v) is 1.57. The third kappa shape index (κ3) is 2.37. The maximum atomic E-state index is 3.91. The Morgan fingerprint density at radius 2 is 2.13 bits per heavy atom. The van der Waals surface area contributed by atoms with Gasteiger partial charge < -0.3 is 5.32 Å². The fourth-order valence-electron chi connectivity index (χ4n) is 1.57. The predicted molar refractivity (Wildman–Crippen MR) is 61.7 cm³/mol. The van der Waals surface area contributed by atoms with E-state index in [0.717, 1.165) is 18.7 Å². The van der Waals surface area contributed by atoms with Crippen molar-refractivity contribution in [3.05, 3.63) is 47.8 Å². The lowest BCUT2D eigenvalue weighted by molar-refractivity contribution is 0.976. The Kier molecular flexibility index (Phi) is 3.02. The van der Waals surface area contributed by atoms with Gasteiger partial charge in [-0.3, -0.25) is 5.10 Å². The van der Waals surface area contributed by atoms with Crippen molar-refractivity contribution in [1.29, 1.82) is 0 Å². The van der Waals surface area contributed by atoms with Gasteiger partial charge in [0.25, 0.3) is 0 Å². The van der Waals surface area contributed by atoms with Crippen molar-refractivity contribution in [3.63, 3.8) is 0 Å². The van der Waals surface area contributed by atoms with Gasteiger partial charge in [-0.05, 0) is 24.1 Å². The Morgan fingerprint density at radius 1 is 1.27 bits per heavy atom. The van der Waals surface area contributed by atoms with E-state index in [-0.39, 0.29) is 0 Å². The summed E-state index contributed by atoms with van der Waals surface area (Å²) < 4.78 is 0. The van der Waals surface area contributed by atoms with E-state index in [4.69, 9.17) is 0 Å². The number of aromatic nitrogens is 2. The summed E-state index contributed by atoms with van der Waals surface area (Å²) in [6.07, 6.45) is 2.81. The molecular weight excluding hydrogens is 186 g/mol. The lowest BCUT2D eigenvalue weighted by Gasteiger charge is -2.09. The molecule has 2 N–H and O–H groups in total. The number of nitrogens with zero attached hydrogens (tertiary/aromatic N) is 1. The Labute approximate surface area is 89.5 Å². The summed E-state index contributed by atoms with van der Waals surface area (Å²) in [6, 6.07) is 10.3. The molecule has 0 unspecified atom stereocenters. The van der Waals surface area contributed by atoms with Gasteiger partial charge in [-0.2, -0.15) is 5.10 Å². The molecule has 3 nitrogen and oxygen atoms in total. The van der Waals surface area contributed by atoms with Crippen LogP contribution in [0, 0.1) is 0 Å². The van der Waals surface area contributed by atoms with Gasteiger partial charge in [-0.1, -0.05) is 25.1 Å². The van der Waals surface area contributed by atoms with Gasteiger partial charge in [-0.25, -0.2) is 0 Å². The number of aryl methyl sites for hydroxylation is 1. The van der Waals surface area contributed by atoms with Gasteiger partial charge in [0.1, 0.15) is 0 Å². The molecule has 0 radical (unpaired) electrons. The van der Waals surface area contributed by atoms with E-state index in [1.807, 2.05) is 6.07 Å². The molecule has 78 valence electrons. The Bertz CT molecular complexity index is 407. The quantitative estimate of drug-likeness (QED) is 0.798. The van der Waals surface area contributed by atoms with Gasteiger partial charge in [0.05, 0.1) is 12.2 Å². The third-order valence-corrected chi connectivity index (χ3v) is 2.43. The highest BCUT2D eigenvalue weighted by molar-refractivity contribution is 5.51. The molecule has 0 fully saturated rings. The van der Waals surface area contributed by atoms with Gasteiger partial charge >= 0.3 is 0 Å². The minimum absolute atomic E-state index is 0.789. The molecule has 0 bridgehead atoms. The van der Waals surface area contributed by atoms with Gasteiger partial charge in [0.2, 0.25) is 0 Å². The van der Waals surface area contributed by atoms with E-state index in [2.05, 4.69) is 46.7 Å². The molecule has 1 heterocycles. The molecule has 15 heavy (non-hydrogen) atoms. The molecule has 0 aliphatic rings. The molecule has 0 aliphatic carbocycles.